The van der Waals surface area contributed by atoms with Crippen LogP contribution in [-0.2, 0) is 10.9 Å². The molecular weight excluding hydrogens is 241 g/mol. The molecule has 0 aliphatic carbocycles. The van der Waals surface area contributed by atoms with Gasteiger partial charge < -0.3 is 9.15 Å². The summed E-state index contributed by atoms with van der Waals surface area (Å²) in [6, 6.07) is -0.563. The van der Waals surface area contributed by atoms with E-state index >= 15 is 0 Å². The Morgan fingerprint density at radius 2 is 2.00 bits per heavy atom. The van der Waals surface area contributed by atoms with Gasteiger partial charge in [-0.3, -0.25) is 0 Å². The van der Waals surface area contributed by atoms with Crippen molar-refractivity contribution in [2.75, 3.05) is 5.32 Å². The topological polar surface area (TPSA) is 64.4 Å². The highest BCUT2D eigenvalue weighted by Gasteiger charge is 2.35. The molecule has 1 rings (SSSR count). The maximum absolute atomic E-state index is 12.1. The Bertz CT molecular complexity index is 406. The van der Waals surface area contributed by atoms with E-state index in [0.717, 1.165) is 0 Å². The van der Waals surface area contributed by atoms with Gasteiger partial charge in [0, 0.05) is 0 Å². The normalized spacial score (nSPS) is 12.4. The van der Waals surface area contributed by atoms with E-state index in [1.165, 1.54) is 0 Å². The Morgan fingerprint density at radius 1 is 1.41 bits per heavy atom. The van der Waals surface area contributed by atoms with Gasteiger partial charge in [0.2, 0.25) is 0 Å². The lowest BCUT2D eigenvalue weighted by Gasteiger charge is -2.18. The molecule has 1 amide bonds. The highest BCUT2D eigenvalue weighted by Crippen LogP contribution is 2.29. The smallest absolute Gasteiger partial charge is 0.436 e. The molecular formula is C9H11F3N2O3. The van der Waals surface area contributed by atoms with Crippen molar-refractivity contribution < 1.29 is 27.1 Å². The van der Waals surface area contributed by atoms with Crippen molar-refractivity contribution >= 4 is 12.1 Å². The third-order valence-corrected chi connectivity index (χ3v) is 1.40. The first-order chi connectivity index (χ1) is 7.58. The number of ether oxygens (including phenoxy) is 1. The Kier molecular flexibility index (Phi) is 3.35. The van der Waals surface area contributed by atoms with E-state index in [0.29, 0.717) is 6.26 Å². The van der Waals surface area contributed by atoms with Gasteiger partial charge in [0.15, 0.2) is 5.69 Å². The zero-order valence-corrected chi connectivity index (χ0v) is 9.38. The van der Waals surface area contributed by atoms with Gasteiger partial charge >= 0.3 is 18.3 Å². The van der Waals surface area contributed by atoms with Crippen LogP contribution in [0.25, 0.3) is 0 Å². The van der Waals surface area contributed by atoms with E-state index < -0.39 is 29.6 Å². The molecule has 0 aromatic carbocycles. The lowest BCUT2D eigenvalue weighted by Crippen LogP contribution is -2.27. The van der Waals surface area contributed by atoms with Crippen molar-refractivity contribution in [2.24, 2.45) is 0 Å². The monoisotopic (exact) mass is 252 g/mol. The van der Waals surface area contributed by atoms with Gasteiger partial charge in [0.05, 0.1) is 0 Å². The summed E-state index contributed by atoms with van der Waals surface area (Å²) in [6.07, 6.45) is -5.14. The number of hydrogen-bond acceptors (Lipinski definition) is 4. The number of amides is 1. The zero-order valence-electron chi connectivity index (χ0n) is 9.38. The summed E-state index contributed by atoms with van der Waals surface area (Å²) >= 11 is 0. The first-order valence-corrected chi connectivity index (χ1v) is 4.61. The molecule has 0 unspecified atom stereocenters. The van der Waals surface area contributed by atoms with E-state index in [2.05, 4.69) is 9.40 Å². The zero-order chi connectivity index (χ0) is 13.3. The van der Waals surface area contributed by atoms with E-state index in [1.54, 1.807) is 20.8 Å². The summed E-state index contributed by atoms with van der Waals surface area (Å²) < 4.78 is 45.7. The van der Waals surface area contributed by atoms with Crippen molar-refractivity contribution in [3.8, 4) is 0 Å². The standard InChI is InChI=1S/C9H11F3N2O3/c1-8(2,3)17-7(15)14-6-13-5(4-16-6)9(10,11)12/h4H,1-3H3,(H,13,14,15). The fraction of sp³-hybridized carbons (Fsp3) is 0.556. The van der Waals surface area contributed by atoms with Crippen LogP contribution in [0.3, 0.4) is 0 Å². The Morgan fingerprint density at radius 3 is 2.41 bits per heavy atom. The summed E-state index contributed by atoms with van der Waals surface area (Å²) in [4.78, 5) is 14.2. The van der Waals surface area contributed by atoms with Crippen LogP contribution in [0, 0.1) is 0 Å². The van der Waals surface area contributed by atoms with Gasteiger partial charge in [0.1, 0.15) is 11.9 Å². The molecule has 0 radical (unpaired) electrons. The number of anilines is 1. The predicted molar refractivity (Wildman–Crippen MR) is 51.4 cm³/mol. The maximum atomic E-state index is 12.1. The SMILES string of the molecule is CC(C)(C)OC(=O)Nc1nc(C(F)(F)F)co1. The molecule has 0 saturated heterocycles. The minimum absolute atomic E-state index is 0.409. The molecule has 1 N–H and O–H groups in total. The van der Waals surface area contributed by atoms with Crippen LogP contribution in [0.4, 0.5) is 24.0 Å². The van der Waals surface area contributed by atoms with Crippen LogP contribution in [0.5, 0.6) is 0 Å². The molecule has 0 aliphatic heterocycles. The Balaban J connectivity index is 2.65. The van der Waals surface area contributed by atoms with E-state index in [4.69, 9.17) is 4.74 Å². The minimum Gasteiger partial charge on any atom is -0.443 e. The molecule has 0 spiro atoms. The molecule has 1 aromatic heterocycles. The summed E-state index contributed by atoms with van der Waals surface area (Å²) in [5.41, 5.74) is -1.98. The molecule has 17 heavy (non-hydrogen) atoms. The lowest BCUT2D eigenvalue weighted by atomic mass is 10.2. The number of hydrogen-bond donors (Lipinski definition) is 1. The molecule has 1 aromatic rings. The van der Waals surface area contributed by atoms with Crippen molar-refractivity contribution in [2.45, 2.75) is 32.5 Å². The Hall–Kier alpha value is -1.73. The number of nitrogens with zero attached hydrogens (tertiary/aromatic N) is 1. The predicted octanol–water partition coefficient (Wildman–Crippen LogP) is 3.04. The molecule has 0 fully saturated rings. The van der Waals surface area contributed by atoms with Crippen LogP contribution >= 0.6 is 0 Å². The van der Waals surface area contributed by atoms with Gasteiger partial charge in [-0.1, -0.05) is 0 Å². The van der Waals surface area contributed by atoms with Crippen LogP contribution in [0.15, 0.2) is 10.7 Å². The van der Waals surface area contributed by atoms with Crippen molar-refractivity contribution in [1.29, 1.82) is 0 Å². The number of aromatic nitrogens is 1. The molecule has 0 bridgehead atoms. The third kappa shape index (κ3) is 4.33. The molecule has 8 heteroatoms. The highest BCUT2D eigenvalue weighted by molar-refractivity contribution is 5.82. The van der Waals surface area contributed by atoms with Gasteiger partial charge in [-0.05, 0) is 20.8 Å². The second-order valence-corrected chi connectivity index (χ2v) is 4.16. The van der Waals surface area contributed by atoms with E-state index in [1.807, 2.05) is 5.32 Å². The van der Waals surface area contributed by atoms with Crippen molar-refractivity contribution in [3.05, 3.63) is 12.0 Å². The first kappa shape index (κ1) is 13.3. The van der Waals surface area contributed by atoms with Crippen molar-refractivity contribution in [1.82, 2.24) is 4.98 Å². The number of nitrogens with one attached hydrogen (secondary N) is 1. The second kappa shape index (κ2) is 4.27. The lowest BCUT2D eigenvalue weighted by molar-refractivity contribution is -0.141. The molecule has 0 aliphatic rings. The summed E-state index contributed by atoms with van der Waals surface area (Å²) in [5, 5.41) is 1.95. The third-order valence-electron chi connectivity index (χ3n) is 1.40. The summed E-state index contributed by atoms with van der Waals surface area (Å²) in [5.74, 6) is 0. The van der Waals surface area contributed by atoms with E-state index in [9.17, 15) is 18.0 Å². The van der Waals surface area contributed by atoms with Crippen LogP contribution in [0.2, 0.25) is 0 Å². The number of carbonyl (C=O) groups is 1. The summed E-state index contributed by atoms with van der Waals surface area (Å²) in [6.45, 7) is 4.84. The average Bonchev–Trinajstić information content (AvgIpc) is 2.47. The summed E-state index contributed by atoms with van der Waals surface area (Å²) in [7, 11) is 0. The van der Waals surface area contributed by atoms with Gasteiger partial charge in [0.25, 0.3) is 0 Å². The fourth-order valence-electron chi connectivity index (χ4n) is 0.852. The number of carbonyl (C=O) groups excluding carboxylic acids is 1. The average molecular weight is 252 g/mol. The highest BCUT2D eigenvalue weighted by atomic mass is 19.4. The molecule has 1 heterocycles. The molecule has 0 atom stereocenters. The Labute approximate surface area is 95.0 Å². The quantitative estimate of drug-likeness (QED) is 0.834. The van der Waals surface area contributed by atoms with Gasteiger partial charge in [-0.15, -0.1) is 0 Å². The number of oxazole rings is 1. The fourth-order valence-corrected chi connectivity index (χ4v) is 0.852. The molecule has 96 valence electrons. The van der Waals surface area contributed by atoms with Crippen LogP contribution in [0.1, 0.15) is 26.5 Å². The first-order valence-electron chi connectivity index (χ1n) is 4.61. The molecule has 0 saturated carbocycles. The number of rotatable bonds is 1. The van der Waals surface area contributed by atoms with Crippen molar-refractivity contribution in [3.63, 3.8) is 0 Å². The van der Waals surface area contributed by atoms with Crippen LogP contribution < -0.4 is 5.32 Å². The maximum Gasteiger partial charge on any atom is 0.436 e. The minimum atomic E-state index is -4.61. The number of halogens is 3. The largest absolute Gasteiger partial charge is 0.443 e. The number of alkyl halides is 3. The molecule has 5 nitrogen and oxygen atoms in total. The second-order valence-electron chi connectivity index (χ2n) is 4.16. The van der Waals surface area contributed by atoms with Gasteiger partial charge in [-0.2, -0.15) is 18.2 Å². The van der Waals surface area contributed by atoms with E-state index in [-0.39, 0.29) is 0 Å². The van der Waals surface area contributed by atoms with Crippen LogP contribution in [-0.4, -0.2) is 16.7 Å². The van der Waals surface area contributed by atoms with Gasteiger partial charge in [-0.25, -0.2) is 10.1 Å².